The van der Waals surface area contributed by atoms with Gasteiger partial charge in [-0.25, -0.2) is 14.4 Å². The van der Waals surface area contributed by atoms with E-state index in [0.717, 1.165) is 12.8 Å². The number of nitrogens with two attached hydrogens (primary N) is 1. The summed E-state index contributed by atoms with van der Waals surface area (Å²) in [5, 5.41) is 0. The molecule has 1 aromatic rings. The van der Waals surface area contributed by atoms with E-state index in [1.807, 2.05) is 34.6 Å². The molecule has 12 heteroatoms. The summed E-state index contributed by atoms with van der Waals surface area (Å²) >= 11 is 0. The molecule has 2 unspecified atom stereocenters. The van der Waals surface area contributed by atoms with E-state index >= 15 is 0 Å². The number of hydrogen-bond donors (Lipinski definition) is 1. The van der Waals surface area contributed by atoms with E-state index in [0.29, 0.717) is 18.4 Å². The van der Waals surface area contributed by atoms with Crippen LogP contribution in [-0.2, 0) is 34.9 Å². The Morgan fingerprint density at radius 1 is 0.744 bits per heavy atom. The Hall–Kier alpha value is -3.54. The lowest BCUT2D eigenvalue weighted by atomic mass is 9.99. The van der Waals surface area contributed by atoms with Crippen LogP contribution in [0.3, 0.4) is 0 Å². The zero-order valence-electron chi connectivity index (χ0n) is 26.9. The van der Waals surface area contributed by atoms with E-state index in [9.17, 15) is 19.2 Å². The minimum atomic E-state index is -1.11. The molecular formula is C31H49NO11. The van der Waals surface area contributed by atoms with Gasteiger partial charge in [0, 0.05) is 0 Å². The minimum absolute atomic E-state index is 0.00960. The van der Waals surface area contributed by atoms with Gasteiger partial charge < -0.3 is 38.9 Å². The van der Waals surface area contributed by atoms with Crippen LogP contribution in [-0.4, -0.2) is 61.5 Å². The number of esters is 1. The third-order valence-electron chi connectivity index (χ3n) is 6.01. The van der Waals surface area contributed by atoms with Crippen molar-refractivity contribution in [1.29, 1.82) is 0 Å². The summed E-state index contributed by atoms with van der Waals surface area (Å²) < 4.78 is 36.8. The molecule has 0 saturated heterocycles. The molecule has 12 nitrogen and oxygen atoms in total. The fourth-order valence-electron chi connectivity index (χ4n) is 3.59. The molecule has 0 radical (unpaired) electrons. The Balaban J connectivity index is 2.93. The Morgan fingerprint density at radius 2 is 1.26 bits per heavy atom. The van der Waals surface area contributed by atoms with Gasteiger partial charge >= 0.3 is 24.4 Å². The van der Waals surface area contributed by atoms with Crippen molar-refractivity contribution in [1.82, 2.24) is 0 Å². The SMILES string of the molecule is CCCC(C)OC(=O)Oc1ccc(C[C@H](N)C(=O)O[C@@H](C)[C@H](C)OC(=O)OCC(C)(C)C)cc1OC(=O)OC(C)CCC. The van der Waals surface area contributed by atoms with Gasteiger partial charge in [0.1, 0.15) is 30.5 Å². The minimum Gasteiger partial charge on any atom is -0.458 e. The molecule has 0 saturated carbocycles. The fraction of sp³-hybridized carbons (Fsp3) is 0.677. The third kappa shape index (κ3) is 15.5. The van der Waals surface area contributed by atoms with Gasteiger partial charge in [0.15, 0.2) is 11.5 Å². The van der Waals surface area contributed by atoms with Gasteiger partial charge in [0.2, 0.25) is 0 Å². The summed E-state index contributed by atoms with van der Waals surface area (Å²) in [5.41, 5.74) is 6.36. The van der Waals surface area contributed by atoms with Gasteiger partial charge in [-0.2, -0.15) is 0 Å². The number of ether oxygens (including phenoxy) is 7. The molecule has 5 atom stereocenters. The summed E-state index contributed by atoms with van der Waals surface area (Å²) in [4.78, 5) is 49.4. The van der Waals surface area contributed by atoms with Crippen molar-refractivity contribution in [2.45, 2.75) is 125 Å². The lowest BCUT2D eigenvalue weighted by Gasteiger charge is -2.23. The molecule has 0 aromatic heterocycles. The lowest BCUT2D eigenvalue weighted by molar-refractivity contribution is -0.155. The molecular weight excluding hydrogens is 562 g/mol. The Labute approximate surface area is 254 Å². The van der Waals surface area contributed by atoms with Gasteiger partial charge in [0.05, 0.1) is 6.61 Å². The van der Waals surface area contributed by atoms with Gasteiger partial charge in [-0.3, -0.25) is 4.79 Å². The van der Waals surface area contributed by atoms with Crippen LogP contribution in [0.15, 0.2) is 18.2 Å². The standard InChI is InChI=1S/C31H49NO11/c1-10-12-19(3)38-29(35)42-25-15-14-23(17-26(25)43-30(36)39-20(4)13-11-2)16-24(32)27(33)40-21(5)22(6)41-28(34)37-18-31(7,8)9/h14-15,17,19-22,24H,10-13,16,18,32H2,1-9H3/t19?,20?,21-,22-,24-/m0/s1. The third-order valence-corrected chi connectivity index (χ3v) is 6.01. The van der Waals surface area contributed by atoms with E-state index in [1.54, 1.807) is 33.8 Å². The fourth-order valence-corrected chi connectivity index (χ4v) is 3.59. The van der Waals surface area contributed by atoms with Crippen molar-refractivity contribution < 1.29 is 52.3 Å². The molecule has 0 amide bonds. The highest BCUT2D eigenvalue weighted by atomic mass is 16.8. The Morgan fingerprint density at radius 3 is 1.77 bits per heavy atom. The number of carbonyl (C=O) groups excluding carboxylic acids is 4. The quantitative estimate of drug-likeness (QED) is 0.131. The van der Waals surface area contributed by atoms with Crippen LogP contribution < -0.4 is 15.2 Å². The summed E-state index contributed by atoms with van der Waals surface area (Å²) in [6, 6.07) is 3.26. The lowest BCUT2D eigenvalue weighted by Crippen LogP contribution is -2.39. The van der Waals surface area contributed by atoms with E-state index < -0.39 is 42.7 Å². The molecule has 1 aromatic carbocycles. The maximum Gasteiger partial charge on any atom is 0.514 e. The Kier molecular flexibility index (Phi) is 15.9. The molecule has 0 spiro atoms. The van der Waals surface area contributed by atoms with Crippen molar-refractivity contribution >= 4 is 24.4 Å². The van der Waals surface area contributed by atoms with Gasteiger partial charge in [-0.1, -0.05) is 53.5 Å². The molecule has 0 bridgehead atoms. The second-order valence-corrected chi connectivity index (χ2v) is 11.8. The first-order valence-electron chi connectivity index (χ1n) is 14.7. The average molecular weight is 612 g/mol. The number of carbonyl (C=O) groups is 4. The molecule has 0 aliphatic heterocycles. The number of benzene rings is 1. The van der Waals surface area contributed by atoms with E-state index in [-0.39, 0.29) is 42.1 Å². The van der Waals surface area contributed by atoms with Crippen LogP contribution in [0, 0.1) is 5.41 Å². The highest BCUT2D eigenvalue weighted by molar-refractivity contribution is 5.76. The maximum absolute atomic E-state index is 12.7. The van der Waals surface area contributed by atoms with E-state index in [1.165, 1.54) is 12.1 Å². The first kappa shape index (κ1) is 37.5. The zero-order valence-corrected chi connectivity index (χ0v) is 26.9. The van der Waals surface area contributed by atoms with Crippen LogP contribution in [0.2, 0.25) is 0 Å². The van der Waals surface area contributed by atoms with Crippen molar-refractivity contribution in [3.8, 4) is 11.5 Å². The largest absolute Gasteiger partial charge is 0.514 e. The van der Waals surface area contributed by atoms with Crippen molar-refractivity contribution in [2.75, 3.05) is 6.61 Å². The molecule has 0 aliphatic rings. The van der Waals surface area contributed by atoms with Gasteiger partial charge in [-0.05, 0) is 70.1 Å². The second kappa shape index (κ2) is 18.2. The summed E-state index contributed by atoms with van der Waals surface area (Å²) in [7, 11) is 0. The van der Waals surface area contributed by atoms with Gasteiger partial charge in [-0.15, -0.1) is 0 Å². The zero-order chi connectivity index (χ0) is 32.7. The topological polar surface area (TPSA) is 159 Å². The second-order valence-electron chi connectivity index (χ2n) is 11.8. The molecule has 0 fully saturated rings. The highest BCUT2D eigenvalue weighted by Crippen LogP contribution is 2.30. The molecule has 2 N–H and O–H groups in total. The maximum atomic E-state index is 12.7. The molecule has 1 rings (SSSR count). The first-order valence-corrected chi connectivity index (χ1v) is 14.7. The monoisotopic (exact) mass is 611 g/mol. The van der Waals surface area contributed by atoms with Crippen LogP contribution in [0.5, 0.6) is 11.5 Å². The van der Waals surface area contributed by atoms with Crippen molar-refractivity contribution in [3.05, 3.63) is 23.8 Å². The number of hydrogen-bond acceptors (Lipinski definition) is 12. The smallest absolute Gasteiger partial charge is 0.458 e. The molecule has 244 valence electrons. The van der Waals surface area contributed by atoms with Crippen molar-refractivity contribution in [2.24, 2.45) is 11.1 Å². The van der Waals surface area contributed by atoms with Gasteiger partial charge in [0.25, 0.3) is 0 Å². The molecule has 0 heterocycles. The Bertz CT molecular complexity index is 1050. The van der Waals surface area contributed by atoms with Crippen LogP contribution in [0.4, 0.5) is 14.4 Å². The van der Waals surface area contributed by atoms with Crippen molar-refractivity contribution in [3.63, 3.8) is 0 Å². The highest BCUT2D eigenvalue weighted by Gasteiger charge is 2.26. The van der Waals surface area contributed by atoms with Crippen LogP contribution >= 0.6 is 0 Å². The summed E-state index contributed by atoms with van der Waals surface area (Å²) in [6.07, 6.45) is -2.26. The van der Waals surface area contributed by atoms with Crippen LogP contribution in [0.1, 0.15) is 93.6 Å². The number of rotatable bonds is 15. The normalized spacial score (nSPS) is 14.7. The van der Waals surface area contributed by atoms with E-state index in [2.05, 4.69) is 0 Å². The molecule has 0 aliphatic carbocycles. The first-order chi connectivity index (χ1) is 20.0. The van der Waals surface area contributed by atoms with E-state index in [4.69, 9.17) is 38.9 Å². The summed E-state index contributed by atoms with van der Waals surface area (Å²) in [6.45, 7) is 16.4. The predicted molar refractivity (Wildman–Crippen MR) is 158 cm³/mol. The predicted octanol–water partition coefficient (Wildman–Crippen LogP) is 6.48. The molecule has 43 heavy (non-hydrogen) atoms. The summed E-state index contributed by atoms with van der Waals surface area (Å²) in [5.74, 6) is -0.933. The van der Waals surface area contributed by atoms with Crippen LogP contribution in [0.25, 0.3) is 0 Å². The average Bonchev–Trinajstić information content (AvgIpc) is 2.88.